The van der Waals surface area contributed by atoms with Crippen LogP contribution in [0.5, 0.6) is 5.06 Å². The van der Waals surface area contributed by atoms with E-state index in [0.717, 1.165) is 15.5 Å². The zero-order valence-electron chi connectivity index (χ0n) is 13.3. The van der Waals surface area contributed by atoms with Crippen LogP contribution in [-0.4, -0.2) is 18.8 Å². The van der Waals surface area contributed by atoms with Crippen molar-refractivity contribution in [1.82, 2.24) is 5.32 Å². The summed E-state index contributed by atoms with van der Waals surface area (Å²) in [4.78, 5) is 13.1. The summed E-state index contributed by atoms with van der Waals surface area (Å²) >= 11 is 1.50. The van der Waals surface area contributed by atoms with Gasteiger partial charge in [-0.25, -0.2) is 4.79 Å². The average Bonchev–Trinajstić information content (AvgIpc) is 2.92. The molecule has 22 heavy (non-hydrogen) atoms. The Morgan fingerprint density at radius 3 is 2.36 bits per heavy atom. The quantitative estimate of drug-likeness (QED) is 0.910. The van der Waals surface area contributed by atoms with E-state index in [2.05, 4.69) is 5.32 Å². The second-order valence-corrected chi connectivity index (χ2v) is 6.93. The van der Waals surface area contributed by atoms with Crippen molar-refractivity contribution in [3.63, 3.8) is 0 Å². The minimum Gasteiger partial charge on any atom is -0.487 e. The van der Waals surface area contributed by atoms with Crippen LogP contribution in [0.4, 0.5) is 4.79 Å². The third-order valence-electron chi connectivity index (χ3n) is 2.88. The van der Waals surface area contributed by atoms with E-state index in [1.165, 1.54) is 11.3 Å². The highest BCUT2D eigenvalue weighted by molar-refractivity contribution is 7.13. The maximum absolute atomic E-state index is 12.1. The Morgan fingerprint density at radius 2 is 1.82 bits per heavy atom. The lowest BCUT2D eigenvalue weighted by atomic mass is 10.1. The van der Waals surface area contributed by atoms with Gasteiger partial charge in [0.15, 0.2) is 5.06 Å². The SMILES string of the molecule is COc1ccc(C(NC(=O)OC(C)(C)C)c2ccccc2)s1. The third-order valence-corrected chi connectivity index (χ3v) is 3.99. The summed E-state index contributed by atoms with van der Waals surface area (Å²) in [7, 11) is 1.63. The van der Waals surface area contributed by atoms with Gasteiger partial charge in [0, 0.05) is 4.88 Å². The summed E-state index contributed by atoms with van der Waals surface area (Å²) in [6.45, 7) is 5.54. The molecule has 0 radical (unpaired) electrons. The van der Waals surface area contributed by atoms with Gasteiger partial charge in [0.05, 0.1) is 13.2 Å². The molecule has 0 saturated carbocycles. The highest BCUT2D eigenvalue weighted by Crippen LogP contribution is 2.32. The predicted octanol–water partition coefficient (Wildman–Crippen LogP) is 4.37. The van der Waals surface area contributed by atoms with Gasteiger partial charge in [-0.2, -0.15) is 0 Å². The number of methoxy groups -OCH3 is 1. The van der Waals surface area contributed by atoms with Gasteiger partial charge in [-0.15, -0.1) is 11.3 Å². The summed E-state index contributed by atoms with van der Waals surface area (Å²) < 4.78 is 10.6. The molecule has 0 aliphatic rings. The van der Waals surface area contributed by atoms with Crippen LogP contribution in [0.3, 0.4) is 0 Å². The fourth-order valence-corrected chi connectivity index (χ4v) is 2.89. The Balaban J connectivity index is 2.24. The zero-order valence-corrected chi connectivity index (χ0v) is 14.1. The Bertz CT molecular complexity index is 616. The van der Waals surface area contributed by atoms with Gasteiger partial charge >= 0.3 is 6.09 Å². The Hall–Kier alpha value is -2.01. The standard InChI is InChI=1S/C17H21NO3S/c1-17(2,3)21-16(19)18-15(12-8-6-5-7-9-12)13-10-11-14(20-4)22-13/h5-11,15H,1-4H3,(H,18,19). The first-order valence-electron chi connectivity index (χ1n) is 7.07. The Morgan fingerprint density at radius 1 is 1.14 bits per heavy atom. The molecule has 1 N–H and O–H groups in total. The molecule has 1 atom stereocenters. The lowest BCUT2D eigenvalue weighted by Crippen LogP contribution is -2.35. The summed E-state index contributed by atoms with van der Waals surface area (Å²) in [6, 6.07) is 13.4. The minimum absolute atomic E-state index is 0.259. The second kappa shape index (κ2) is 6.83. The summed E-state index contributed by atoms with van der Waals surface area (Å²) in [5, 5.41) is 3.74. The summed E-state index contributed by atoms with van der Waals surface area (Å²) in [6.07, 6.45) is -0.436. The molecule has 2 aromatic rings. The largest absolute Gasteiger partial charge is 0.487 e. The number of rotatable bonds is 4. The molecule has 1 aromatic heterocycles. The molecule has 1 aromatic carbocycles. The normalized spacial score (nSPS) is 12.5. The van der Waals surface area contributed by atoms with Gasteiger partial charge < -0.3 is 14.8 Å². The number of hydrogen-bond acceptors (Lipinski definition) is 4. The fourth-order valence-electron chi connectivity index (χ4n) is 1.99. The molecule has 5 heteroatoms. The van der Waals surface area contributed by atoms with E-state index in [1.807, 2.05) is 63.2 Å². The minimum atomic E-state index is -0.529. The average molecular weight is 319 g/mol. The van der Waals surface area contributed by atoms with Crippen LogP contribution in [-0.2, 0) is 4.74 Å². The first-order chi connectivity index (χ1) is 10.4. The molecule has 0 aliphatic heterocycles. The summed E-state index contributed by atoms with van der Waals surface area (Å²) in [5.41, 5.74) is 0.469. The van der Waals surface area contributed by atoms with Gasteiger partial charge in [-0.05, 0) is 38.5 Å². The van der Waals surface area contributed by atoms with E-state index >= 15 is 0 Å². The van der Waals surface area contributed by atoms with Gasteiger partial charge in [0.1, 0.15) is 5.60 Å². The van der Waals surface area contributed by atoms with E-state index in [9.17, 15) is 4.79 Å². The van der Waals surface area contributed by atoms with Crippen molar-refractivity contribution >= 4 is 17.4 Å². The molecule has 0 bridgehead atoms. The van der Waals surface area contributed by atoms with E-state index in [-0.39, 0.29) is 6.04 Å². The van der Waals surface area contributed by atoms with Crippen LogP contribution in [0, 0.1) is 0 Å². The lowest BCUT2D eigenvalue weighted by molar-refractivity contribution is 0.0513. The predicted molar refractivity (Wildman–Crippen MR) is 88.5 cm³/mol. The van der Waals surface area contributed by atoms with Crippen molar-refractivity contribution < 1.29 is 14.3 Å². The molecule has 0 spiro atoms. The fraction of sp³-hybridized carbons (Fsp3) is 0.353. The molecule has 118 valence electrons. The van der Waals surface area contributed by atoms with Crippen molar-refractivity contribution in [2.45, 2.75) is 32.4 Å². The summed E-state index contributed by atoms with van der Waals surface area (Å²) in [5.74, 6) is 0. The molecular formula is C17H21NO3S. The molecule has 1 heterocycles. The van der Waals surface area contributed by atoms with Crippen LogP contribution in [0.15, 0.2) is 42.5 Å². The number of carbonyl (C=O) groups excluding carboxylic acids is 1. The first kappa shape index (κ1) is 16.4. The Labute approximate surface area is 135 Å². The lowest BCUT2D eigenvalue weighted by Gasteiger charge is -2.23. The molecule has 2 rings (SSSR count). The maximum atomic E-state index is 12.1. The van der Waals surface area contributed by atoms with Crippen molar-refractivity contribution in [3.8, 4) is 5.06 Å². The van der Waals surface area contributed by atoms with Gasteiger partial charge in [-0.1, -0.05) is 30.3 Å². The topological polar surface area (TPSA) is 47.6 Å². The molecule has 0 aliphatic carbocycles. The molecule has 1 unspecified atom stereocenters. The third kappa shape index (κ3) is 4.49. The Kier molecular flexibility index (Phi) is 5.08. The van der Waals surface area contributed by atoms with Crippen LogP contribution in [0.2, 0.25) is 0 Å². The number of ether oxygens (including phenoxy) is 2. The van der Waals surface area contributed by atoms with Gasteiger partial charge in [0.2, 0.25) is 0 Å². The van der Waals surface area contributed by atoms with Crippen LogP contribution in [0.25, 0.3) is 0 Å². The van der Waals surface area contributed by atoms with Crippen molar-refractivity contribution in [3.05, 3.63) is 52.9 Å². The number of amides is 1. The first-order valence-corrected chi connectivity index (χ1v) is 7.89. The van der Waals surface area contributed by atoms with Gasteiger partial charge in [0.25, 0.3) is 0 Å². The van der Waals surface area contributed by atoms with Crippen molar-refractivity contribution in [2.24, 2.45) is 0 Å². The number of nitrogens with one attached hydrogen (secondary N) is 1. The monoisotopic (exact) mass is 319 g/mol. The van der Waals surface area contributed by atoms with Crippen LogP contribution < -0.4 is 10.1 Å². The van der Waals surface area contributed by atoms with E-state index in [4.69, 9.17) is 9.47 Å². The van der Waals surface area contributed by atoms with E-state index < -0.39 is 11.7 Å². The molecule has 4 nitrogen and oxygen atoms in total. The molecule has 0 fully saturated rings. The van der Waals surface area contributed by atoms with Gasteiger partial charge in [-0.3, -0.25) is 0 Å². The zero-order chi connectivity index (χ0) is 16.2. The second-order valence-electron chi connectivity index (χ2n) is 5.85. The molecule has 0 saturated heterocycles. The highest BCUT2D eigenvalue weighted by atomic mass is 32.1. The number of thiophene rings is 1. The molecule has 1 amide bonds. The number of carbonyl (C=O) groups is 1. The van der Waals surface area contributed by atoms with Crippen LogP contribution in [0.1, 0.15) is 37.3 Å². The number of benzene rings is 1. The molecular weight excluding hydrogens is 298 g/mol. The highest BCUT2D eigenvalue weighted by Gasteiger charge is 2.23. The number of alkyl carbamates (subject to hydrolysis) is 1. The van der Waals surface area contributed by atoms with E-state index in [0.29, 0.717) is 0 Å². The van der Waals surface area contributed by atoms with Crippen molar-refractivity contribution in [1.29, 1.82) is 0 Å². The number of hydrogen-bond donors (Lipinski definition) is 1. The van der Waals surface area contributed by atoms with Crippen molar-refractivity contribution in [2.75, 3.05) is 7.11 Å². The smallest absolute Gasteiger partial charge is 0.408 e. The maximum Gasteiger partial charge on any atom is 0.408 e. The van der Waals surface area contributed by atoms with Crippen LogP contribution >= 0.6 is 11.3 Å². The van der Waals surface area contributed by atoms with E-state index in [1.54, 1.807) is 7.11 Å².